The molecule has 1 rings (SSSR count). The first-order valence-electron chi connectivity index (χ1n) is 5.54. The molecule has 0 aliphatic carbocycles. The highest BCUT2D eigenvalue weighted by molar-refractivity contribution is 7.13. The van der Waals surface area contributed by atoms with Crippen molar-refractivity contribution in [3.8, 4) is 0 Å². The van der Waals surface area contributed by atoms with Gasteiger partial charge in [-0.25, -0.2) is 4.98 Å². The molecule has 0 fully saturated rings. The van der Waals surface area contributed by atoms with Crippen molar-refractivity contribution >= 4 is 22.4 Å². The number of nitrogens with zero attached hydrogens (tertiary/aromatic N) is 1. The van der Waals surface area contributed by atoms with Gasteiger partial charge in [0.2, 0.25) is 0 Å². The van der Waals surface area contributed by atoms with E-state index in [1.54, 1.807) is 11.3 Å². The second-order valence-electron chi connectivity index (χ2n) is 3.87. The zero-order chi connectivity index (χ0) is 12.0. The van der Waals surface area contributed by atoms with Crippen LogP contribution >= 0.6 is 11.3 Å². The second kappa shape index (κ2) is 6.48. The molecule has 0 saturated carbocycles. The number of anilines is 1. The van der Waals surface area contributed by atoms with E-state index in [0.717, 1.165) is 23.7 Å². The smallest absolute Gasteiger partial charge is 0.303 e. The molecule has 0 amide bonds. The summed E-state index contributed by atoms with van der Waals surface area (Å²) in [6.45, 7) is 4.28. The first-order valence-corrected chi connectivity index (χ1v) is 6.42. The van der Waals surface area contributed by atoms with Gasteiger partial charge in [-0.3, -0.25) is 4.79 Å². The quantitative estimate of drug-likeness (QED) is 0.771. The fraction of sp³-hybridized carbons (Fsp3) is 0.636. The monoisotopic (exact) mass is 242 g/mol. The maximum absolute atomic E-state index is 10.4. The standard InChI is InChI=1S/C11H18N2O2S/c1-3-4-8(2)12-11-13-9(7-16-11)5-6-10(14)15/h7-8H,3-6H2,1-2H3,(H,12,13)(H,14,15). The molecule has 4 nitrogen and oxygen atoms in total. The van der Waals surface area contributed by atoms with Crippen molar-refractivity contribution in [1.29, 1.82) is 0 Å². The number of nitrogens with one attached hydrogen (secondary N) is 1. The molecule has 0 aliphatic rings. The Kier molecular flexibility index (Phi) is 5.25. The number of hydrogen-bond donors (Lipinski definition) is 2. The largest absolute Gasteiger partial charge is 0.481 e. The van der Waals surface area contributed by atoms with Crippen LogP contribution in [0.25, 0.3) is 0 Å². The molecule has 1 heterocycles. The van der Waals surface area contributed by atoms with Gasteiger partial charge in [-0.05, 0) is 13.3 Å². The van der Waals surface area contributed by atoms with Gasteiger partial charge >= 0.3 is 5.97 Å². The fourth-order valence-electron chi connectivity index (χ4n) is 1.44. The van der Waals surface area contributed by atoms with Crippen molar-refractivity contribution in [3.63, 3.8) is 0 Å². The minimum atomic E-state index is -0.776. The molecular formula is C11H18N2O2S. The minimum Gasteiger partial charge on any atom is -0.481 e. The summed E-state index contributed by atoms with van der Waals surface area (Å²) in [5, 5.41) is 14.7. The summed E-state index contributed by atoms with van der Waals surface area (Å²) in [6.07, 6.45) is 2.92. The fourth-order valence-corrected chi connectivity index (χ4v) is 2.30. The Balaban J connectivity index is 2.41. The summed E-state index contributed by atoms with van der Waals surface area (Å²) in [7, 11) is 0. The van der Waals surface area contributed by atoms with Crippen LogP contribution in [0.15, 0.2) is 5.38 Å². The van der Waals surface area contributed by atoms with Crippen LogP contribution in [0.5, 0.6) is 0 Å². The third-order valence-electron chi connectivity index (χ3n) is 2.24. The maximum Gasteiger partial charge on any atom is 0.303 e. The van der Waals surface area contributed by atoms with E-state index < -0.39 is 5.97 Å². The number of carboxylic acids is 1. The Morgan fingerprint density at radius 1 is 1.69 bits per heavy atom. The van der Waals surface area contributed by atoms with Crippen LogP contribution in [0.2, 0.25) is 0 Å². The molecule has 2 N–H and O–H groups in total. The lowest BCUT2D eigenvalue weighted by Crippen LogP contribution is -2.14. The number of hydrogen-bond acceptors (Lipinski definition) is 4. The number of carboxylic acid groups (broad SMARTS) is 1. The molecule has 0 aliphatic heterocycles. The van der Waals surface area contributed by atoms with E-state index in [-0.39, 0.29) is 6.42 Å². The molecule has 1 aromatic rings. The molecule has 16 heavy (non-hydrogen) atoms. The maximum atomic E-state index is 10.4. The predicted octanol–water partition coefficient (Wildman–Crippen LogP) is 2.76. The van der Waals surface area contributed by atoms with E-state index in [1.165, 1.54) is 0 Å². The van der Waals surface area contributed by atoms with E-state index in [4.69, 9.17) is 5.11 Å². The second-order valence-corrected chi connectivity index (χ2v) is 4.73. The van der Waals surface area contributed by atoms with Crippen LogP contribution < -0.4 is 5.32 Å². The molecule has 1 aromatic heterocycles. The molecule has 0 spiro atoms. The topological polar surface area (TPSA) is 62.2 Å². The van der Waals surface area contributed by atoms with Crippen molar-refractivity contribution in [2.75, 3.05) is 5.32 Å². The highest BCUT2D eigenvalue weighted by atomic mass is 32.1. The third-order valence-corrected chi connectivity index (χ3v) is 3.06. The van der Waals surface area contributed by atoms with Crippen LogP contribution in [-0.4, -0.2) is 22.1 Å². The van der Waals surface area contributed by atoms with Gasteiger partial charge < -0.3 is 10.4 Å². The van der Waals surface area contributed by atoms with Crippen molar-refractivity contribution in [3.05, 3.63) is 11.1 Å². The number of carbonyl (C=O) groups is 1. The lowest BCUT2D eigenvalue weighted by Gasteiger charge is -2.10. The minimum absolute atomic E-state index is 0.147. The lowest BCUT2D eigenvalue weighted by atomic mass is 10.2. The van der Waals surface area contributed by atoms with Crippen LogP contribution in [0.4, 0.5) is 5.13 Å². The molecule has 0 aromatic carbocycles. The summed E-state index contributed by atoms with van der Waals surface area (Å²) in [4.78, 5) is 14.8. The number of aryl methyl sites for hydroxylation is 1. The van der Waals surface area contributed by atoms with Crippen molar-refractivity contribution in [2.45, 2.75) is 45.6 Å². The molecular weight excluding hydrogens is 224 g/mol. The Morgan fingerprint density at radius 3 is 3.06 bits per heavy atom. The molecule has 0 bridgehead atoms. The molecule has 1 atom stereocenters. The zero-order valence-electron chi connectivity index (χ0n) is 9.69. The van der Waals surface area contributed by atoms with Gasteiger partial charge in [-0.2, -0.15) is 0 Å². The van der Waals surface area contributed by atoms with Gasteiger partial charge in [-0.15, -0.1) is 11.3 Å². The van der Waals surface area contributed by atoms with E-state index >= 15 is 0 Å². The van der Waals surface area contributed by atoms with E-state index in [1.807, 2.05) is 5.38 Å². The Morgan fingerprint density at radius 2 is 2.44 bits per heavy atom. The van der Waals surface area contributed by atoms with E-state index in [0.29, 0.717) is 12.5 Å². The summed E-state index contributed by atoms with van der Waals surface area (Å²) in [5.41, 5.74) is 0.860. The SMILES string of the molecule is CCCC(C)Nc1nc(CCC(=O)O)cs1. The highest BCUT2D eigenvalue weighted by Crippen LogP contribution is 2.18. The third kappa shape index (κ3) is 4.61. The van der Waals surface area contributed by atoms with Gasteiger partial charge in [0.15, 0.2) is 5.13 Å². The van der Waals surface area contributed by atoms with Crippen LogP contribution in [0, 0.1) is 0 Å². The van der Waals surface area contributed by atoms with Gasteiger partial charge in [0.25, 0.3) is 0 Å². The van der Waals surface area contributed by atoms with Gasteiger partial charge in [0.1, 0.15) is 0 Å². The molecule has 5 heteroatoms. The number of thiazole rings is 1. The predicted molar refractivity (Wildman–Crippen MR) is 66.1 cm³/mol. The molecule has 0 radical (unpaired) electrons. The first-order chi connectivity index (χ1) is 7.61. The highest BCUT2D eigenvalue weighted by Gasteiger charge is 2.06. The Hall–Kier alpha value is -1.10. The zero-order valence-corrected chi connectivity index (χ0v) is 10.5. The van der Waals surface area contributed by atoms with Crippen molar-refractivity contribution < 1.29 is 9.90 Å². The summed E-state index contributed by atoms with van der Waals surface area (Å²) < 4.78 is 0. The van der Waals surface area contributed by atoms with Gasteiger partial charge in [0.05, 0.1) is 12.1 Å². The van der Waals surface area contributed by atoms with Crippen molar-refractivity contribution in [1.82, 2.24) is 4.98 Å². The normalized spacial score (nSPS) is 12.4. The van der Waals surface area contributed by atoms with E-state index in [2.05, 4.69) is 24.1 Å². The lowest BCUT2D eigenvalue weighted by molar-refractivity contribution is -0.136. The van der Waals surface area contributed by atoms with Crippen LogP contribution in [-0.2, 0) is 11.2 Å². The molecule has 90 valence electrons. The average Bonchev–Trinajstić information content (AvgIpc) is 2.63. The summed E-state index contributed by atoms with van der Waals surface area (Å²) >= 11 is 1.54. The number of aromatic nitrogens is 1. The Bertz CT molecular complexity index is 338. The van der Waals surface area contributed by atoms with Gasteiger partial charge in [0, 0.05) is 17.8 Å². The summed E-state index contributed by atoms with van der Waals surface area (Å²) in [6, 6.07) is 0.420. The van der Waals surface area contributed by atoms with Crippen LogP contribution in [0.1, 0.15) is 38.8 Å². The molecule has 0 saturated heterocycles. The van der Waals surface area contributed by atoms with Crippen molar-refractivity contribution in [2.24, 2.45) is 0 Å². The summed E-state index contributed by atoms with van der Waals surface area (Å²) in [5.74, 6) is -0.776. The average molecular weight is 242 g/mol. The number of rotatable bonds is 7. The Labute approximate surface area is 99.7 Å². The van der Waals surface area contributed by atoms with Crippen LogP contribution in [0.3, 0.4) is 0 Å². The number of aliphatic carboxylic acids is 1. The van der Waals surface area contributed by atoms with Gasteiger partial charge in [-0.1, -0.05) is 13.3 Å². The molecule has 1 unspecified atom stereocenters. The first kappa shape index (κ1) is 13.0. The van der Waals surface area contributed by atoms with E-state index in [9.17, 15) is 4.79 Å².